The molecule has 1 N–H and O–H groups in total. The molecule has 2 aliphatic heterocycles. The molecule has 11 heteroatoms. The molecule has 9 nitrogen and oxygen atoms in total. The molecule has 0 aromatic heterocycles. The predicted octanol–water partition coefficient (Wildman–Crippen LogP) is 6.98. The average molecular weight is 697 g/mol. The van der Waals surface area contributed by atoms with Gasteiger partial charge in [-0.05, 0) is 75.9 Å². The molecule has 0 amide bonds. The Morgan fingerprint density at radius 3 is 2.35 bits per heavy atom. The first-order chi connectivity index (χ1) is 22.0. The van der Waals surface area contributed by atoms with Gasteiger partial charge in [0.1, 0.15) is 23.9 Å². The number of carbonyl (C=O) groups excluding carboxylic acids is 3. The van der Waals surface area contributed by atoms with Crippen molar-refractivity contribution in [2.24, 2.45) is 11.8 Å². The van der Waals surface area contributed by atoms with Gasteiger partial charge in [0, 0.05) is 25.9 Å². The molecule has 0 radical (unpaired) electrons. The molecule has 0 aromatic carbocycles. The van der Waals surface area contributed by atoms with Crippen molar-refractivity contribution in [3.63, 3.8) is 0 Å². The lowest BCUT2D eigenvalue weighted by atomic mass is 9.88. The maximum absolute atomic E-state index is 15.6. The van der Waals surface area contributed by atoms with Crippen LogP contribution in [0, 0.1) is 11.8 Å². The van der Waals surface area contributed by atoms with Crippen molar-refractivity contribution in [2.75, 3.05) is 7.11 Å². The molecule has 2 aliphatic rings. The summed E-state index contributed by atoms with van der Waals surface area (Å²) in [5.41, 5.74) is -3.10. The number of hydrogen-bond acceptors (Lipinski definition) is 9. The molecule has 0 bridgehead atoms. The number of ether oxygens (including phenoxy) is 4. The Morgan fingerprint density at radius 1 is 1.19 bits per heavy atom. The van der Waals surface area contributed by atoms with Gasteiger partial charge in [0.2, 0.25) is 5.78 Å². The van der Waals surface area contributed by atoms with Crippen LogP contribution < -0.4 is 0 Å². The lowest BCUT2D eigenvalue weighted by molar-refractivity contribution is -0.157. The van der Waals surface area contributed by atoms with E-state index in [1.165, 1.54) is 26.0 Å². The summed E-state index contributed by atoms with van der Waals surface area (Å²) in [4.78, 5) is 38.5. The number of epoxide rings is 1. The molecule has 2 heterocycles. The number of halogens is 1. The Kier molecular flexibility index (Phi) is 14.6. The van der Waals surface area contributed by atoms with Crippen LogP contribution >= 0.6 is 0 Å². The first-order valence-corrected chi connectivity index (χ1v) is 20.1. The van der Waals surface area contributed by atoms with Crippen LogP contribution in [0.15, 0.2) is 36.0 Å². The summed E-state index contributed by atoms with van der Waals surface area (Å²) in [6.45, 7) is 22.2. The van der Waals surface area contributed by atoms with Crippen LogP contribution in [-0.4, -0.2) is 86.1 Å². The van der Waals surface area contributed by atoms with Gasteiger partial charge in [0.25, 0.3) is 0 Å². The van der Waals surface area contributed by atoms with Crippen molar-refractivity contribution in [1.82, 2.24) is 0 Å². The summed E-state index contributed by atoms with van der Waals surface area (Å²) in [7, 11) is -0.700. The standard InChI is InChI=1S/C37H61FO9Si/c1-14-28(43-11)25(4)32-33(46-32)34(41)36(9,38)20-15-16-23(2)31-24(3)17-18-29(44-26(5)39)37(10,42)21-19-27(22-30(40)45-31)47-48(12,13)35(6,7)8/h15-18,20,24-25,27-29,31-33,42H,14,19,21-22H2,1-13H3/b18-17+,20-15+,23-16+/t24-,25+,27+,28-,29-,31?,32+,33-,36?,37+/m0/s1. The molecule has 10 atom stereocenters. The number of aliphatic hydroxyl groups is 1. The van der Waals surface area contributed by atoms with Gasteiger partial charge >= 0.3 is 11.9 Å². The average Bonchev–Trinajstić information content (AvgIpc) is 3.76. The van der Waals surface area contributed by atoms with Gasteiger partial charge in [-0.25, -0.2) is 4.39 Å². The number of esters is 2. The van der Waals surface area contributed by atoms with Crippen LogP contribution in [0.25, 0.3) is 0 Å². The van der Waals surface area contributed by atoms with E-state index in [0.29, 0.717) is 12.0 Å². The quantitative estimate of drug-likeness (QED) is 0.0758. The van der Waals surface area contributed by atoms with E-state index in [9.17, 15) is 19.5 Å². The summed E-state index contributed by atoms with van der Waals surface area (Å²) in [6, 6.07) is 0. The van der Waals surface area contributed by atoms with Crippen LogP contribution in [0.3, 0.4) is 0 Å². The largest absolute Gasteiger partial charge is 0.457 e. The fraction of sp³-hybridized carbons (Fsp3) is 0.757. The molecule has 0 saturated carbocycles. The lowest BCUT2D eigenvalue weighted by Gasteiger charge is -2.40. The zero-order chi connectivity index (χ0) is 36.8. The third kappa shape index (κ3) is 11.4. The van der Waals surface area contributed by atoms with Gasteiger partial charge in [-0.1, -0.05) is 59.8 Å². The second kappa shape index (κ2) is 16.7. The van der Waals surface area contributed by atoms with Gasteiger partial charge in [-0.2, -0.15) is 0 Å². The Morgan fingerprint density at radius 2 is 1.81 bits per heavy atom. The van der Waals surface area contributed by atoms with Gasteiger partial charge < -0.3 is 28.5 Å². The maximum atomic E-state index is 15.6. The summed E-state index contributed by atoms with van der Waals surface area (Å²) in [5.74, 6) is -2.13. The third-order valence-electron chi connectivity index (χ3n) is 10.2. The molecule has 274 valence electrons. The SMILES string of the molecule is CC[C@H](OC)[C@@H](C)[C@H]1O[C@@H]1C(=O)C(C)(F)/C=C/C=C(\C)C1OC(=O)C[C@H](O[Si](C)(C)C(C)(C)C)CC[C@@](C)(O)[C@@H](OC(C)=O)/C=C/[C@@H]1C. The number of ketones is 1. The minimum absolute atomic E-state index is 0.0309. The maximum Gasteiger partial charge on any atom is 0.308 e. The van der Waals surface area contributed by atoms with Crippen molar-refractivity contribution < 1.29 is 47.3 Å². The van der Waals surface area contributed by atoms with E-state index in [0.717, 1.165) is 6.42 Å². The van der Waals surface area contributed by atoms with Crippen LogP contribution in [-0.2, 0) is 37.8 Å². The summed E-state index contributed by atoms with van der Waals surface area (Å²) < 4.78 is 44.9. The van der Waals surface area contributed by atoms with Crippen molar-refractivity contribution >= 4 is 26.0 Å². The van der Waals surface area contributed by atoms with Crippen LogP contribution in [0.5, 0.6) is 0 Å². The Bertz CT molecular complexity index is 1210. The molecule has 1 saturated heterocycles. The fourth-order valence-corrected chi connectivity index (χ4v) is 7.23. The molecular formula is C37H61FO9Si. The molecule has 0 spiro atoms. The normalized spacial score (nSPS) is 32.6. The number of alkyl halides is 1. The first kappa shape index (κ1) is 42.0. The summed E-state index contributed by atoms with van der Waals surface area (Å²) in [6.07, 6.45) is 5.34. The van der Waals surface area contributed by atoms with E-state index >= 15 is 4.39 Å². The first-order valence-electron chi connectivity index (χ1n) is 17.2. The van der Waals surface area contributed by atoms with E-state index in [-0.39, 0.29) is 29.9 Å². The number of allylic oxidation sites excluding steroid dienone is 3. The zero-order valence-electron chi connectivity index (χ0n) is 31.4. The third-order valence-corrected chi connectivity index (χ3v) is 14.7. The minimum Gasteiger partial charge on any atom is -0.457 e. The molecule has 0 aliphatic carbocycles. The highest BCUT2D eigenvalue weighted by Gasteiger charge is 2.54. The molecule has 2 unspecified atom stereocenters. The highest BCUT2D eigenvalue weighted by atomic mass is 28.4. The van der Waals surface area contributed by atoms with E-state index in [4.69, 9.17) is 23.4 Å². The lowest BCUT2D eigenvalue weighted by Crippen LogP contribution is -2.46. The summed E-state index contributed by atoms with van der Waals surface area (Å²) in [5, 5.41) is 11.3. The van der Waals surface area contributed by atoms with Crippen LogP contribution in [0.1, 0.15) is 94.9 Å². The molecule has 0 aromatic rings. The molecule has 48 heavy (non-hydrogen) atoms. The highest BCUT2D eigenvalue weighted by Crippen LogP contribution is 2.39. The smallest absolute Gasteiger partial charge is 0.308 e. The van der Waals surface area contributed by atoms with Gasteiger partial charge in [-0.15, -0.1) is 0 Å². The topological polar surface area (TPSA) is 121 Å². The van der Waals surface area contributed by atoms with E-state index in [1.807, 2.05) is 20.8 Å². The predicted molar refractivity (Wildman–Crippen MR) is 187 cm³/mol. The number of Topliss-reactive ketones (excluding diaryl/α,β-unsaturated/α-hetero) is 1. The number of hydrogen-bond donors (Lipinski definition) is 1. The van der Waals surface area contributed by atoms with Crippen molar-refractivity contribution in [3.8, 4) is 0 Å². The van der Waals surface area contributed by atoms with Crippen molar-refractivity contribution in [1.29, 1.82) is 0 Å². The minimum atomic E-state index is -2.31. The van der Waals surface area contributed by atoms with Gasteiger partial charge in [-0.3, -0.25) is 14.4 Å². The highest BCUT2D eigenvalue weighted by molar-refractivity contribution is 6.74. The zero-order valence-corrected chi connectivity index (χ0v) is 32.4. The molecule has 1 fully saturated rings. The van der Waals surface area contributed by atoms with E-state index < -0.39 is 73.7 Å². The van der Waals surface area contributed by atoms with E-state index in [1.54, 1.807) is 39.2 Å². The van der Waals surface area contributed by atoms with Gasteiger partial charge in [0.05, 0.1) is 24.7 Å². The number of methoxy groups -OCH3 is 1. The van der Waals surface area contributed by atoms with Crippen LogP contribution in [0.4, 0.5) is 4.39 Å². The van der Waals surface area contributed by atoms with Crippen molar-refractivity contribution in [2.45, 2.75) is 161 Å². The second-order valence-corrected chi connectivity index (χ2v) is 20.3. The number of cyclic esters (lactones) is 1. The van der Waals surface area contributed by atoms with Crippen molar-refractivity contribution in [3.05, 3.63) is 36.0 Å². The molecular weight excluding hydrogens is 635 g/mol. The monoisotopic (exact) mass is 696 g/mol. The number of carbonyl (C=O) groups is 3. The van der Waals surface area contributed by atoms with Gasteiger partial charge in [0.15, 0.2) is 14.0 Å². The Hall–Kier alpha value is -2.18. The molecule has 2 rings (SSSR count). The van der Waals surface area contributed by atoms with E-state index in [2.05, 4.69) is 33.9 Å². The van der Waals surface area contributed by atoms with Crippen LogP contribution in [0.2, 0.25) is 18.1 Å². The summed E-state index contributed by atoms with van der Waals surface area (Å²) >= 11 is 0. The Labute approximate surface area is 288 Å². The fourth-order valence-electron chi connectivity index (χ4n) is 5.85. The second-order valence-electron chi connectivity index (χ2n) is 15.6. The Balaban J connectivity index is 2.37. The number of rotatable bonds is 12.